The topological polar surface area (TPSA) is 62.6 Å². The molecule has 1 aliphatic rings. The van der Waals surface area contributed by atoms with Gasteiger partial charge in [0.1, 0.15) is 0 Å². The van der Waals surface area contributed by atoms with Crippen molar-refractivity contribution in [2.45, 2.75) is 32.9 Å². The van der Waals surface area contributed by atoms with Gasteiger partial charge in [-0.05, 0) is 26.4 Å². The second kappa shape index (κ2) is 8.31. The number of morpholine rings is 1. The number of aromatic nitrogens is 2. The average molecular weight is 323 g/mol. The molecule has 130 valence electrons. The Balaban J connectivity index is 1.91. The summed E-state index contributed by atoms with van der Waals surface area (Å²) in [5.41, 5.74) is 0. The van der Waals surface area contributed by atoms with E-state index in [1.165, 1.54) is 0 Å². The van der Waals surface area contributed by atoms with Gasteiger partial charge in [-0.2, -0.15) is 5.10 Å². The van der Waals surface area contributed by atoms with Crippen molar-refractivity contribution in [2.75, 3.05) is 45.7 Å². The summed E-state index contributed by atoms with van der Waals surface area (Å²) in [5.74, 6) is 1.13. The van der Waals surface area contributed by atoms with Gasteiger partial charge in [-0.3, -0.25) is 10.00 Å². The van der Waals surface area contributed by atoms with Crippen molar-refractivity contribution in [3.63, 3.8) is 0 Å². The number of carbonyl (C=O) groups is 1. The molecule has 1 aromatic rings. The Bertz CT molecular complexity index is 500. The summed E-state index contributed by atoms with van der Waals surface area (Å²) in [7, 11) is 4.05. The predicted molar refractivity (Wildman–Crippen MR) is 90.6 cm³/mol. The SMILES string of the molecule is CC(C)CC1COCCN1C(=O)Nc1ccn(CCN(C)C)n1. The van der Waals surface area contributed by atoms with E-state index in [1.54, 1.807) is 0 Å². The zero-order valence-corrected chi connectivity index (χ0v) is 14.7. The van der Waals surface area contributed by atoms with Crippen molar-refractivity contribution in [1.82, 2.24) is 19.6 Å². The van der Waals surface area contributed by atoms with Crippen LogP contribution in [0.2, 0.25) is 0 Å². The summed E-state index contributed by atoms with van der Waals surface area (Å²) in [6, 6.07) is 1.89. The lowest BCUT2D eigenvalue weighted by molar-refractivity contribution is 0.00855. The number of anilines is 1. The summed E-state index contributed by atoms with van der Waals surface area (Å²) in [6.45, 7) is 7.88. The Hall–Kier alpha value is -1.60. The minimum absolute atomic E-state index is 0.0863. The van der Waals surface area contributed by atoms with Gasteiger partial charge in [-0.25, -0.2) is 4.79 Å². The van der Waals surface area contributed by atoms with E-state index in [-0.39, 0.29) is 12.1 Å². The standard InChI is InChI=1S/C16H29N5O2/c1-13(2)11-14-12-23-10-9-21(14)16(22)17-15-5-6-20(18-15)8-7-19(3)4/h5-6,13-14H,7-12H2,1-4H3,(H,17,18,22). The first-order valence-electron chi connectivity index (χ1n) is 8.29. The van der Waals surface area contributed by atoms with Gasteiger partial charge < -0.3 is 14.5 Å². The first-order valence-corrected chi connectivity index (χ1v) is 8.29. The van der Waals surface area contributed by atoms with Crippen LogP contribution < -0.4 is 5.32 Å². The predicted octanol–water partition coefficient (Wildman–Crippen LogP) is 1.72. The molecule has 0 radical (unpaired) electrons. The second-order valence-electron chi connectivity index (χ2n) is 6.75. The van der Waals surface area contributed by atoms with Gasteiger partial charge in [0.25, 0.3) is 0 Å². The molecule has 1 fully saturated rings. The van der Waals surface area contributed by atoms with E-state index in [0.717, 1.165) is 19.5 Å². The fourth-order valence-corrected chi connectivity index (χ4v) is 2.70. The van der Waals surface area contributed by atoms with Gasteiger partial charge in [0, 0.05) is 25.4 Å². The number of ether oxygens (including phenoxy) is 1. The van der Waals surface area contributed by atoms with Crippen LogP contribution in [0.4, 0.5) is 10.6 Å². The number of carbonyl (C=O) groups excluding carboxylic acids is 1. The maximum Gasteiger partial charge on any atom is 0.323 e. The van der Waals surface area contributed by atoms with E-state index < -0.39 is 0 Å². The Kier molecular flexibility index (Phi) is 6.41. The van der Waals surface area contributed by atoms with Crippen LogP contribution in [0.15, 0.2) is 12.3 Å². The third kappa shape index (κ3) is 5.51. The third-order valence-electron chi connectivity index (χ3n) is 3.88. The Labute approximate surface area is 138 Å². The molecule has 1 atom stereocenters. The molecule has 0 bridgehead atoms. The lowest BCUT2D eigenvalue weighted by Crippen LogP contribution is -2.50. The van der Waals surface area contributed by atoms with Gasteiger partial charge in [-0.1, -0.05) is 13.8 Å². The Morgan fingerprint density at radius 3 is 3.00 bits per heavy atom. The molecule has 0 spiro atoms. The van der Waals surface area contributed by atoms with Crippen LogP contribution in [0, 0.1) is 5.92 Å². The quantitative estimate of drug-likeness (QED) is 0.866. The van der Waals surface area contributed by atoms with Crippen molar-refractivity contribution in [3.8, 4) is 0 Å². The van der Waals surface area contributed by atoms with E-state index in [0.29, 0.717) is 31.5 Å². The van der Waals surface area contributed by atoms with Gasteiger partial charge in [0.2, 0.25) is 0 Å². The average Bonchev–Trinajstić information content (AvgIpc) is 2.92. The number of hydrogen-bond donors (Lipinski definition) is 1. The minimum atomic E-state index is -0.0863. The smallest absolute Gasteiger partial charge is 0.323 e. The lowest BCUT2D eigenvalue weighted by atomic mass is 10.0. The van der Waals surface area contributed by atoms with Gasteiger partial charge in [-0.15, -0.1) is 0 Å². The van der Waals surface area contributed by atoms with E-state index in [1.807, 2.05) is 35.9 Å². The molecule has 2 heterocycles. The van der Waals surface area contributed by atoms with Crippen molar-refractivity contribution in [3.05, 3.63) is 12.3 Å². The molecule has 7 nitrogen and oxygen atoms in total. The normalized spacial score (nSPS) is 18.7. The molecule has 2 rings (SSSR count). The molecule has 0 aliphatic carbocycles. The highest BCUT2D eigenvalue weighted by Crippen LogP contribution is 2.17. The number of rotatable bonds is 6. The fourth-order valence-electron chi connectivity index (χ4n) is 2.70. The number of amides is 2. The number of likely N-dealkylation sites (N-methyl/N-ethyl adjacent to an activating group) is 1. The van der Waals surface area contributed by atoms with Crippen LogP contribution in [0.1, 0.15) is 20.3 Å². The summed E-state index contributed by atoms with van der Waals surface area (Å²) in [5, 5.41) is 7.31. The highest BCUT2D eigenvalue weighted by molar-refractivity contribution is 5.88. The molecule has 2 amide bonds. The van der Waals surface area contributed by atoms with Crippen molar-refractivity contribution < 1.29 is 9.53 Å². The maximum atomic E-state index is 12.5. The zero-order chi connectivity index (χ0) is 16.8. The molecular weight excluding hydrogens is 294 g/mol. The second-order valence-corrected chi connectivity index (χ2v) is 6.75. The molecule has 1 saturated heterocycles. The monoisotopic (exact) mass is 323 g/mol. The summed E-state index contributed by atoms with van der Waals surface area (Å²) in [4.78, 5) is 16.5. The number of nitrogens with zero attached hydrogens (tertiary/aromatic N) is 4. The Morgan fingerprint density at radius 1 is 1.52 bits per heavy atom. The van der Waals surface area contributed by atoms with Gasteiger partial charge in [0.15, 0.2) is 5.82 Å². The van der Waals surface area contributed by atoms with Crippen molar-refractivity contribution in [2.24, 2.45) is 5.92 Å². The first-order chi connectivity index (χ1) is 11.0. The number of hydrogen-bond acceptors (Lipinski definition) is 4. The minimum Gasteiger partial charge on any atom is -0.377 e. The Morgan fingerprint density at radius 2 is 2.30 bits per heavy atom. The molecule has 1 aliphatic heterocycles. The highest BCUT2D eigenvalue weighted by atomic mass is 16.5. The highest BCUT2D eigenvalue weighted by Gasteiger charge is 2.28. The van der Waals surface area contributed by atoms with E-state index in [9.17, 15) is 4.79 Å². The van der Waals surface area contributed by atoms with Crippen LogP contribution in [0.3, 0.4) is 0 Å². The molecule has 23 heavy (non-hydrogen) atoms. The van der Waals surface area contributed by atoms with Gasteiger partial charge in [0.05, 0.1) is 25.8 Å². The third-order valence-corrected chi connectivity index (χ3v) is 3.88. The molecule has 1 aromatic heterocycles. The van der Waals surface area contributed by atoms with Crippen LogP contribution in [0.5, 0.6) is 0 Å². The largest absolute Gasteiger partial charge is 0.377 e. The molecule has 1 unspecified atom stereocenters. The number of urea groups is 1. The van der Waals surface area contributed by atoms with E-state index in [2.05, 4.69) is 29.2 Å². The van der Waals surface area contributed by atoms with Gasteiger partial charge >= 0.3 is 6.03 Å². The van der Waals surface area contributed by atoms with E-state index >= 15 is 0 Å². The van der Waals surface area contributed by atoms with Crippen LogP contribution >= 0.6 is 0 Å². The molecule has 0 saturated carbocycles. The number of nitrogens with one attached hydrogen (secondary N) is 1. The van der Waals surface area contributed by atoms with Crippen molar-refractivity contribution >= 4 is 11.8 Å². The summed E-state index contributed by atoms with van der Waals surface area (Å²) < 4.78 is 7.37. The summed E-state index contributed by atoms with van der Waals surface area (Å²) >= 11 is 0. The van der Waals surface area contributed by atoms with Crippen molar-refractivity contribution in [1.29, 1.82) is 0 Å². The fraction of sp³-hybridized carbons (Fsp3) is 0.750. The molecule has 1 N–H and O–H groups in total. The first kappa shape index (κ1) is 17.7. The van der Waals surface area contributed by atoms with Crippen LogP contribution in [-0.2, 0) is 11.3 Å². The molecule has 7 heteroatoms. The van der Waals surface area contributed by atoms with E-state index in [4.69, 9.17) is 4.74 Å². The molecular formula is C16H29N5O2. The summed E-state index contributed by atoms with van der Waals surface area (Å²) in [6.07, 6.45) is 2.84. The van der Waals surface area contributed by atoms with Crippen LogP contribution in [-0.4, -0.2) is 72.1 Å². The molecule has 0 aromatic carbocycles. The maximum absolute atomic E-state index is 12.5. The lowest BCUT2D eigenvalue weighted by Gasteiger charge is -2.36. The zero-order valence-electron chi connectivity index (χ0n) is 14.7. The van der Waals surface area contributed by atoms with Crippen LogP contribution in [0.25, 0.3) is 0 Å².